The van der Waals surface area contributed by atoms with Gasteiger partial charge in [0, 0.05) is 22.2 Å². The van der Waals surface area contributed by atoms with Crippen LogP contribution >= 0.6 is 27.3 Å². The second kappa shape index (κ2) is 6.80. The lowest BCUT2D eigenvalue weighted by molar-refractivity contribution is -2.00. The maximum absolute atomic E-state index is 8.49. The van der Waals surface area contributed by atoms with Crippen LogP contribution in [-0.2, 0) is 0 Å². The first kappa shape index (κ1) is 16.3. The van der Waals surface area contributed by atoms with Gasteiger partial charge < -0.3 is 0 Å². The fourth-order valence-corrected chi connectivity index (χ4v) is 2.90. The van der Waals surface area contributed by atoms with Crippen molar-refractivity contribution in [1.82, 2.24) is 0 Å². The molecule has 2 heterocycles. The minimum atomic E-state index is -4.94. The van der Waals surface area contributed by atoms with E-state index in [1.165, 1.54) is 16.1 Å². The molecule has 0 atom stereocenters. The number of hydrogen-bond donors (Lipinski definition) is 0. The van der Waals surface area contributed by atoms with E-state index in [-0.39, 0.29) is 0 Å². The summed E-state index contributed by atoms with van der Waals surface area (Å²) in [5.41, 5.74) is 2.48. The average molecular weight is 391 g/mol. The van der Waals surface area contributed by atoms with Gasteiger partial charge in [-0.05, 0) is 30.3 Å². The molecule has 5 nitrogen and oxygen atoms in total. The highest BCUT2D eigenvalue weighted by Crippen LogP contribution is 2.22. The van der Waals surface area contributed by atoms with Gasteiger partial charge >= 0.3 is 0 Å². The molecule has 0 saturated heterocycles. The average Bonchev–Trinajstić information content (AvgIpc) is 2.82. The number of benzene rings is 1. The first-order valence-corrected chi connectivity index (χ1v) is 8.51. The predicted octanol–water partition coefficient (Wildman–Crippen LogP) is -0.840. The van der Waals surface area contributed by atoms with E-state index in [9.17, 15) is 0 Å². The van der Waals surface area contributed by atoms with Crippen LogP contribution in [0.5, 0.6) is 0 Å². The summed E-state index contributed by atoms with van der Waals surface area (Å²) in [4.78, 5) is 1.26. The Morgan fingerprint density at radius 3 is 2.19 bits per heavy atom. The van der Waals surface area contributed by atoms with E-state index in [4.69, 9.17) is 18.6 Å². The molecule has 8 heteroatoms. The van der Waals surface area contributed by atoms with Crippen LogP contribution in [-0.4, -0.2) is 0 Å². The lowest BCUT2D eigenvalue weighted by Crippen LogP contribution is -2.68. The number of hydrogen-bond acceptors (Lipinski definition) is 5. The molecule has 0 aliphatic carbocycles. The van der Waals surface area contributed by atoms with Crippen molar-refractivity contribution in [2.75, 3.05) is 0 Å². The summed E-state index contributed by atoms with van der Waals surface area (Å²) < 4.78 is 37.3. The minimum absolute atomic E-state index is 1.11. The highest BCUT2D eigenvalue weighted by Gasteiger charge is 2.13. The van der Waals surface area contributed by atoms with Gasteiger partial charge in [-0.2, -0.15) is 4.40 Å². The van der Waals surface area contributed by atoms with Crippen LogP contribution in [0.3, 0.4) is 0 Å². The van der Waals surface area contributed by atoms with Gasteiger partial charge in [-0.15, -0.1) is 10.2 Å². The van der Waals surface area contributed by atoms with Crippen molar-refractivity contribution in [2.24, 2.45) is 0 Å². The van der Waals surface area contributed by atoms with Crippen molar-refractivity contribution >= 4 is 32.1 Å². The van der Waals surface area contributed by atoms with Crippen molar-refractivity contribution in [1.29, 1.82) is 0 Å². The number of aromatic nitrogens is 1. The standard InChI is InChI=1S/C13H9BrNS.ClHO4/c14-11-6-4-10(5-7-11)12-9-16-13-3-1-2-8-15(12)13;2-1(3,4)5/h1-9H;(H,2,3,4,5)/q+1;/p-1. The zero-order valence-electron chi connectivity index (χ0n) is 10.4. The van der Waals surface area contributed by atoms with E-state index < -0.39 is 10.2 Å². The van der Waals surface area contributed by atoms with Crippen LogP contribution in [0.1, 0.15) is 0 Å². The molecule has 1 aromatic carbocycles. The number of thiazole rings is 1. The lowest BCUT2D eigenvalue weighted by atomic mass is 10.2. The van der Waals surface area contributed by atoms with Crippen molar-refractivity contribution < 1.29 is 33.3 Å². The molecule has 21 heavy (non-hydrogen) atoms. The van der Waals surface area contributed by atoms with Crippen molar-refractivity contribution in [3.63, 3.8) is 0 Å². The third-order valence-electron chi connectivity index (χ3n) is 2.51. The molecule has 0 bridgehead atoms. The number of rotatable bonds is 1. The molecule has 0 aliphatic heterocycles. The fraction of sp³-hybridized carbons (Fsp3) is 0. The van der Waals surface area contributed by atoms with Gasteiger partial charge in [-0.1, -0.05) is 27.3 Å². The Morgan fingerprint density at radius 1 is 0.952 bits per heavy atom. The van der Waals surface area contributed by atoms with Gasteiger partial charge in [-0.3, -0.25) is 0 Å². The fourth-order valence-electron chi connectivity index (χ4n) is 1.72. The van der Waals surface area contributed by atoms with Crippen molar-refractivity contribution in [3.8, 4) is 11.3 Å². The molecule has 2 aromatic heterocycles. The number of nitrogens with zero attached hydrogens (tertiary/aromatic N) is 1. The van der Waals surface area contributed by atoms with E-state index in [1.807, 2.05) is 0 Å². The molecule has 3 aromatic rings. The Balaban J connectivity index is 0.000000282. The molecule has 0 radical (unpaired) electrons. The molecule has 0 saturated carbocycles. The third kappa shape index (κ3) is 5.01. The maximum atomic E-state index is 8.49. The monoisotopic (exact) mass is 389 g/mol. The van der Waals surface area contributed by atoms with E-state index in [0.717, 1.165) is 4.47 Å². The second-order valence-electron chi connectivity index (χ2n) is 3.91. The summed E-state index contributed by atoms with van der Waals surface area (Å²) in [6, 6.07) is 14.7. The van der Waals surface area contributed by atoms with Gasteiger partial charge in [0.15, 0.2) is 6.20 Å². The zero-order valence-corrected chi connectivity index (χ0v) is 13.6. The molecular formula is C13H9BrClNO4S. The highest BCUT2D eigenvalue weighted by molar-refractivity contribution is 9.10. The number of halogens is 2. The SMILES string of the molecule is Brc1ccc(-c2csc3cccc[n+]23)cc1.[O-][Cl+3]([O-])([O-])[O-]. The molecule has 0 amide bonds. The second-order valence-corrected chi connectivity index (χ2v) is 6.48. The smallest absolute Gasteiger partial charge is 0.222 e. The molecule has 0 spiro atoms. The maximum Gasteiger partial charge on any atom is 0.267 e. The van der Waals surface area contributed by atoms with Crippen LogP contribution in [0.2, 0.25) is 0 Å². The van der Waals surface area contributed by atoms with Crippen molar-refractivity contribution in [3.05, 3.63) is 58.5 Å². The van der Waals surface area contributed by atoms with Gasteiger partial charge in [0.2, 0.25) is 5.69 Å². The first-order chi connectivity index (χ1) is 9.84. The van der Waals surface area contributed by atoms with Crippen molar-refractivity contribution in [2.45, 2.75) is 0 Å². The Morgan fingerprint density at radius 2 is 1.57 bits per heavy atom. The van der Waals surface area contributed by atoms with Gasteiger partial charge in [0.05, 0.1) is 5.38 Å². The van der Waals surface area contributed by atoms with Gasteiger partial charge in [-0.25, -0.2) is 18.6 Å². The Hall–Kier alpha value is -1.06. The number of fused-ring (bicyclic) bond motifs is 1. The summed E-state index contributed by atoms with van der Waals surface area (Å²) in [7, 11) is -4.94. The highest BCUT2D eigenvalue weighted by atomic mass is 79.9. The van der Waals surface area contributed by atoms with E-state index >= 15 is 0 Å². The Labute approximate surface area is 135 Å². The minimum Gasteiger partial charge on any atom is -0.222 e. The molecule has 110 valence electrons. The molecule has 3 rings (SSSR count). The van der Waals surface area contributed by atoms with E-state index in [1.54, 1.807) is 11.3 Å². The molecular weight excluding hydrogens is 382 g/mol. The number of pyridine rings is 1. The van der Waals surface area contributed by atoms with Gasteiger partial charge in [0.25, 0.3) is 4.83 Å². The molecule has 0 unspecified atom stereocenters. The lowest BCUT2D eigenvalue weighted by Gasteiger charge is -2.17. The predicted molar refractivity (Wildman–Crippen MR) is 70.6 cm³/mol. The van der Waals surface area contributed by atoms with E-state index in [0.29, 0.717) is 0 Å². The van der Waals surface area contributed by atoms with E-state index in [2.05, 4.69) is 74.4 Å². The Kier molecular flexibility index (Phi) is 5.28. The van der Waals surface area contributed by atoms with Crippen LogP contribution in [0.25, 0.3) is 16.1 Å². The molecule has 0 aliphatic rings. The van der Waals surface area contributed by atoms with Gasteiger partial charge in [0.1, 0.15) is 0 Å². The summed E-state index contributed by atoms with van der Waals surface area (Å²) in [6.07, 6.45) is 2.10. The summed E-state index contributed by atoms with van der Waals surface area (Å²) >= 11 is 5.22. The molecule has 0 fully saturated rings. The topological polar surface area (TPSA) is 96.3 Å². The summed E-state index contributed by atoms with van der Waals surface area (Å²) in [5.74, 6) is 0. The quantitative estimate of drug-likeness (QED) is 0.506. The third-order valence-corrected chi connectivity index (χ3v) is 3.96. The summed E-state index contributed by atoms with van der Waals surface area (Å²) in [5, 5.41) is 2.19. The molecule has 0 N–H and O–H groups in total. The largest absolute Gasteiger partial charge is 0.267 e. The van der Waals surface area contributed by atoms with Crippen LogP contribution < -0.4 is 23.0 Å². The normalized spacial score (nSPS) is 11.1. The zero-order chi connectivity index (χ0) is 15.5. The van der Waals surface area contributed by atoms with Crippen LogP contribution in [0.4, 0.5) is 0 Å². The Bertz CT molecular complexity index is 721. The van der Waals surface area contributed by atoms with Crippen LogP contribution in [0.15, 0.2) is 58.5 Å². The van der Waals surface area contributed by atoms with Crippen LogP contribution in [0, 0.1) is 10.2 Å². The first-order valence-electron chi connectivity index (χ1n) is 5.60. The summed E-state index contributed by atoms with van der Waals surface area (Å²) in [6.45, 7) is 0.